The Morgan fingerprint density at radius 1 is 1.56 bits per heavy atom. The Labute approximate surface area is 91.9 Å². The first-order valence-corrected chi connectivity index (χ1v) is 4.04. The molecule has 0 aliphatic carbocycles. The van der Waals surface area contributed by atoms with Crippen LogP contribution in [0.3, 0.4) is 0 Å². The van der Waals surface area contributed by atoms with Crippen LogP contribution in [0.4, 0.5) is 13.2 Å². The van der Waals surface area contributed by atoms with Crippen LogP contribution in [-0.4, -0.2) is 27.2 Å². The van der Waals surface area contributed by atoms with E-state index < -0.39 is 12.1 Å². The Kier molecular flexibility index (Phi) is 4.96. The van der Waals surface area contributed by atoms with Crippen LogP contribution in [0.2, 0.25) is 5.28 Å². The number of nitrogens with zero attached hydrogens (tertiary/aromatic N) is 1. The molecule has 1 aromatic heterocycles. The molecule has 0 fully saturated rings. The maximum atomic E-state index is 10.6. The first-order chi connectivity index (χ1) is 7.12. The summed E-state index contributed by atoms with van der Waals surface area (Å²) in [6.45, 7) is 1.71. The van der Waals surface area contributed by atoms with E-state index >= 15 is 0 Å². The fourth-order valence-corrected chi connectivity index (χ4v) is 0.769. The third kappa shape index (κ3) is 6.02. The van der Waals surface area contributed by atoms with Gasteiger partial charge in [0.1, 0.15) is 0 Å². The van der Waals surface area contributed by atoms with Crippen molar-refractivity contribution in [2.75, 3.05) is 0 Å². The number of H-pyrrole nitrogens is 1. The second-order valence-electron chi connectivity index (χ2n) is 2.48. The van der Waals surface area contributed by atoms with Gasteiger partial charge < -0.3 is 5.11 Å². The van der Waals surface area contributed by atoms with Gasteiger partial charge in [-0.15, -0.1) is 0 Å². The first-order valence-electron chi connectivity index (χ1n) is 3.66. The number of rotatable bonds is 0. The molecule has 0 radical (unpaired) electrons. The Bertz CT molecular complexity index is 406. The summed E-state index contributed by atoms with van der Waals surface area (Å²) in [5, 5.41) is 7.26. The van der Waals surface area contributed by atoms with E-state index in [0.717, 1.165) is 0 Å². The average molecular weight is 259 g/mol. The molecule has 5 nitrogen and oxygen atoms in total. The summed E-state index contributed by atoms with van der Waals surface area (Å²) in [6.07, 6.45) is -5.08. The molecule has 0 aliphatic rings. The predicted molar refractivity (Wildman–Crippen MR) is 48.3 cm³/mol. The molecule has 2 N–H and O–H groups in total. The number of aromatic nitrogens is 2. The lowest BCUT2D eigenvalue weighted by Gasteiger charge is -1.93. The minimum absolute atomic E-state index is 0.139. The van der Waals surface area contributed by atoms with Crippen molar-refractivity contribution >= 4 is 17.6 Å². The minimum Gasteiger partial charge on any atom is -0.475 e. The van der Waals surface area contributed by atoms with Gasteiger partial charge in [0, 0.05) is 11.8 Å². The molecule has 0 aromatic carbocycles. The van der Waals surface area contributed by atoms with E-state index in [1.165, 1.54) is 6.07 Å². The zero-order valence-corrected chi connectivity index (χ0v) is 8.56. The normalized spacial score (nSPS) is 10.3. The van der Waals surface area contributed by atoms with E-state index in [9.17, 15) is 18.0 Å². The molecule has 0 saturated heterocycles. The highest BCUT2D eigenvalue weighted by atomic mass is 35.5. The lowest BCUT2D eigenvalue weighted by Crippen LogP contribution is -2.21. The summed E-state index contributed by atoms with van der Waals surface area (Å²) in [5.74, 6) is -2.76. The molecular weight excluding hydrogens is 253 g/mol. The molecule has 0 amide bonds. The fourth-order valence-electron chi connectivity index (χ4n) is 0.543. The van der Waals surface area contributed by atoms with Gasteiger partial charge in [-0.2, -0.15) is 13.2 Å². The number of aryl methyl sites for hydroxylation is 1. The van der Waals surface area contributed by atoms with Crippen molar-refractivity contribution in [1.82, 2.24) is 9.97 Å². The summed E-state index contributed by atoms with van der Waals surface area (Å²) in [6, 6.07) is 1.38. The Balaban J connectivity index is 0.000000293. The molecule has 0 atom stereocenters. The minimum atomic E-state index is -5.08. The van der Waals surface area contributed by atoms with Gasteiger partial charge in [-0.05, 0) is 18.5 Å². The number of aromatic amines is 1. The van der Waals surface area contributed by atoms with Gasteiger partial charge in [-0.3, -0.25) is 9.78 Å². The van der Waals surface area contributed by atoms with Gasteiger partial charge in [0.25, 0.3) is 5.56 Å². The number of aliphatic carboxylic acids is 1. The summed E-state index contributed by atoms with van der Waals surface area (Å²) in [7, 11) is 0. The number of hydrogen-bond donors (Lipinski definition) is 2. The molecule has 9 heteroatoms. The highest BCUT2D eigenvalue weighted by molar-refractivity contribution is 6.28. The van der Waals surface area contributed by atoms with E-state index in [4.69, 9.17) is 21.5 Å². The molecule has 0 aliphatic heterocycles. The van der Waals surface area contributed by atoms with Gasteiger partial charge in [0.2, 0.25) is 5.28 Å². The molecule has 0 unspecified atom stereocenters. The summed E-state index contributed by atoms with van der Waals surface area (Å²) in [5.41, 5.74) is 0.413. The number of carboxylic acid groups (broad SMARTS) is 1. The molecule has 1 rings (SSSR count). The zero-order chi connectivity index (χ0) is 12.9. The summed E-state index contributed by atoms with van der Waals surface area (Å²) < 4.78 is 31.7. The molecule has 1 aromatic rings. The first kappa shape index (κ1) is 14.4. The van der Waals surface area contributed by atoms with Crippen molar-refractivity contribution < 1.29 is 23.1 Å². The number of nitrogens with one attached hydrogen (secondary N) is 1. The summed E-state index contributed by atoms with van der Waals surface area (Å²) >= 11 is 5.38. The van der Waals surface area contributed by atoms with Crippen LogP contribution >= 0.6 is 11.6 Å². The largest absolute Gasteiger partial charge is 0.490 e. The number of alkyl halides is 3. The maximum absolute atomic E-state index is 10.6. The maximum Gasteiger partial charge on any atom is 0.490 e. The SMILES string of the molecule is Cc1cc(=O)[nH]c(Cl)n1.O=C(O)C(F)(F)F. The fraction of sp³-hybridized carbons (Fsp3) is 0.286. The van der Waals surface area contributed by atoms with E-state index in [-0.39, 0.29) is 10.8 Å². The van der Waals surface area contributed by atoms with E-state index in [1.807, 2.05) is 0 Å². The molecule has 0 spiro atoms. The van der Waals surface area contributed by atoms with Crippen molar-refractivity contribution in [3.63, 3.8) is 0 Å². The third-order valence-electron chi connectivity index (χ3n) is 1.08. The van der Waals surface area contributed by atoms with Crippen LogP contribution in [-0.2, 0) is 4.79 Å². The number of carbonyl (C=O) groups is 1. The van der Waals surface area contributed by atoms with Crippen LogP contribution in [0, 0.1) is 6.92 Å². The highest BCUT2D eigenvalue weighted by Gasteiger charge is 2.38. The van der Waals surface area contributed by atoms with Gasteiger partial charge in [0.15, 0.2) is 0 Å². The van der Waals surface area contributed by atoms with Gasteiger partial charge in [-0.1, -0.05) is 0 Å². The Morgan fingerprint density at radius 2 is 2.00 bits per heavy atom. The lowest BCUT2D eigenvalue weighted by atomic mass is 10.5. The van der Waals surface area contributed by atoms with E-state index in [2.05, 4.69) is 9.97 Å². The third-order valence-corrected chi connectivity index (χ3v) is 1.26. The standard InChI is InChI=1S/C5H5ClN2O.C2HF3O2/c1-3-2-4(9)8-5(6)7-3;3-2(4,5)1(6)7/h2H,1H3,(H,7,8,9);(H,6,7). The average Bonchev–Trinajstić information content (AvgIpc) is 1.99. The molecule has 1 heterocycles. The molecular formula is C7H6ClF3N2O3. The monoisotopic (exact) mass is 258 g/mol. The number of carboxylic acids is 1. The van der Waals surface area contributed by atoms with Gasteiger partial charge >= 0.3 is 12.1 Å². The van der Waals surface area contributed by atoms with Crippen LogP contribution in [0.15, 0.2) is 10.9 Å². The van der Waals surface area contributed by atoms with Crippen molar-refractivity contribution in [2.45, 2.75) is 13.1 Å². The second-order valence-corrected chi connectivity index (χ2v) is 2.84. The molecule has 0 saturated carbocycles. The topological polar surface area (TPSA) is 83.0 Å². The number of hydrogen-bond acceptors (Lipinski definition) is 3. The Hall–Kier alpha value is -1.57. The molecule has 16 heavy (non-hydrogen) atoms. The zero-order valence-electron chi connectivity index (χ0n) is 7.80. The van der Waals surface area contributed by atoms with Crippen LogP contribution < -0.4 is 5.56 Å². The summed E-state index contributed by atoms with van der Waals surface area (Å²) in [4.78, 5) is 25.5. The number of halogens is 4. The second kappa shape index (κ2) is 5.50. The van der Waals surface area contributed by atoms with Crippen molar-refractivity contribution in [1.29, 1.82) is 0 Å². The molecule has 90 valence electrons. The molecule has 0 bridgehead atoms. The lowest BCUT2D eigenvalue weighted by molar-refractivity contribution is -0.192. The smallest absolute Gasteiger partial charge is 0.475 e. The van der Waals surface area contributed by atoms with Crippen LogP contribution in [0.5, 0.6) is 0 Å². The van der Waals surface area contributed by atoms with E-state index in [0.29, 0.717) is 5.69 Å². The highest BCUT2D eigenvalue weighted by Crippen LogP contribution is 2.13. The van der Waals surface area contributed by atoms with Crippen molar-refractivity contribution in [3.8, 4) is 0 Å². The Morgan fingerprint density at radius 3 is 2.25 bits per heavy atom. The van der Waals surface area contributed by atoms with Crippen molar-refractivity contribution in [2.24, 2.45) is 0 Å². The van der Waals surface area contributed by atoms with Gasteiger partial charge in [-0.25, -0.2) is 9.78 Å². The van der Waals surface area contributed by atoms with Crippen LogP contribution in [0.1, 0.15) is 5.69 Å². The quantitative estimate of drug-likeness (QED) is 0.689. The van der Waals surface area contributed by atoms with Crippen molar-refractivity contribution in [3.05, 3.63) is 27.4 Å². The van der Waals surface area contributed by atoms with Crippen LogP contribution in [0.25, 0.3) is 0 Å². The van der Waals surface area contributed by atoms with E-state index in [1.54, 1.807) is 6.92 Å². The van der Waals surface area contributed by atoms with Gasteiger partial charge in [0.05, 0.1) is 0 Å². The predicted octanol–water partition coefficient (Wildman–Crippen LogP) is 1.37.